The van der Waals surface area contributed by atoms with E-state index >= 15 is 0 Å². The standard InChI is InChI=1S/C30H30O3/c1-21(31)17-19-29(27-15-7-11-23-9-3-5-13-25(23)27)33-30(20-18-22(2)32)28-16-8-12-24-10-4-6-14-26(24)28/h3-16,29-30H,17-20H2,1-2H3. The molecule has 4 rings (SSSR count). The number of benzene rings is 4. The molecule has 0 aliphatic carbocycles. The molecular weight excluding hydrogens is 408 g/mol. The Kier molecular flexibility index (Phi) is 7.31. The lowest BCUT2D eigenvalue weighted by Crippen LogP contribution is -2.14. The van der Waals surface area contributed by atoms with Crippen molar-refractivity contribution in [2.45, 2.75) is 51.7 Å². The molecule has 4 aromatic carbocycles. The van der Waals surface area contributed by atoms with Crippen LogP contribution in [0.15, 0.2) is 84.9 Å². The Bertz CT molecular complexity index is 1160. The minimum absolute atomic E-state index is 0.147. The molecule has 0 bridgehead atoms. The molecule has 168 valence electrons. The molecule has 0 amide bonds. The van der Waals surface area contributed by atoms with E-state index in [9.17, 15) is 9.59 Å². The highest BCUT2D eigenvalue weighted by Gasteiger charge is 2.23. The quantitative estimate of drug-likeness (QED) is 0.257. The molecule has 33 heavy (non-hydrogen) atoms. The molecular formula is C30H30O3. The van der Waals surface area contributed by atoms with E-state index in [0.717, 1.165) is 32.7 Å². The molecule has 4 aromatic rings. The van der Waals surface area contributed by atoms with Gasteiger partial charge in [-0.1, -0.05) is 84.9 Å². The molecule has 3 nitrogen and oxygen atoms in total. The van der Waals surface area contributed by atoms with E-state index in [1.54, 1.807) is 13.8 Å². The lowest BCUT2D eigenvalue weighted by Gasteiger charge is -2.27. The first-order chi connectivity index (χ1) is 16.0. The Hall–Kier alpha value is -3.30. The fourth-order valence-electron chi connectivity index (χ4n) is 4.52. The zero-order valence-electron chi connectivity index (χ0n) is 19.3. The summed E-state index contributed by atoms with van der Waals surface area (Å²) in [5.41, 5.74) is 2.17. The van der Waals surface area contributed by atoms with Crippen molar-refractivity contribution < 1.29 is 14.3 Å². The van der Waals surface area contributed by atoms with Gasteiger partial charge in [-0.2, -0.15) is 0 Å². The number of rotatable bonds is 10. The van der Waals surface area contributed by atoms with Gasteiger partial charge in [0.05, 0.1) is 12.2 Å². The van der Waals surface area contributed by atoms with Gasteiger partial charge in [0.15, 0.2) is 0 Å². The van der Waals surface area contributed by atoms with Crippen LogP contribution in [0.2, 0.25) is 0 Å². The molecule has 0 heterocycles. The Balaban J connectivity index is 1.77. The van der Waals surface area contributed by atoms with Gasteiger partial charge in [-0.3, -0.25) is 0 Å². The van der Waals surface area contributed by atoms with Crippen LogP contribution in [0.4, 0.5) is 0 Å². The lowest BCUT2D eigenvalue weighted by molar-refractivity contribution is -0.118. The first kappa shape index (κ1) is 22.9. The van der Waals surface area contributed by atoms with Gasteiger partial charge in [0, 0.05) is 12.8 Å². The fourth-order valence-corrected chi connectivity index (χ4v) is 4.52. The minimum atomic E-state index is -0.254. The second-order valence-corrected chi connectivity index (χ2v) is 8.73. The molecule has 0 saturated heterocycles. The largest absolute Gasteiger partial charge is 0.366 e. The molecule has 0 aliphatic rings. The smallest absolute Gasteiger partial charge is 0.129 e. The number of Topliss-reactive ketones (excluding diaryl/α,β-unsaturated/α-hetero) is 2. The van der Waals surface area contributed by atoms with E-state index in [0.29, 0.717) is 25.7 Å². The van der Waals surface area contributed by atoms with Gasteiger partial charge < -0.3 is 14.3 Å². The van der Waals surface area contributed by atoms with E-state index in [1.165, 1.54) is 0 Å². The van der Waals surface area contributed by atoms with E-state index in [2.05, 4.69) is 48.5 Å². The summed E-state index contributed by atoms with van der Waals surface area (Å²) < 4.78 is 6.84. The van der Waals surface area contributed by atoms with E-state index < -0.39 is 0 Å². The number of ether oxygens (including phenoxy) is 1. The van der Waals surface area contributed by atoms with E-state index in [4.69, 9.17) is 4.74 Å². The maximum absolute atomic E-state index is 11.9. The van der Waals surface area contributed by atoms with Crippen LogP contribution in [0.3, 0.4) is 0 Å². The van der Waals surface area contributed by atoms with Crippen molar-refractivity contribution in [3.63, 3.8) is 0 Å². The third-order valence-electron chi connectivity index (χ3n) is 6.19. The first-order valence-electron chi connectivity index (χ1n) is 11.6. The number of carbonyl (C=O) groups excluding carboxylic acids is 2. The van der Waals surface area contributed by atoms with Gasteiger partial charge in [0.25, 0.3) is 0 Å². The van der Waals surface area contributed by atoms with Crippen molar-refractivity contribution in [3.8, 4) is 0 Å². The van der Waals surface area contributed by atoms with Gasteiger partial charge in [0.1, 0.15) is 11.6 Å². The Morgan fingerprint density at radius 1 is 0.606 bits per heavy atom. The summed E-state index contributed by atoms with van der Waals surface area (Å²) in [6, 6.07) is 29.0. The molecule has 0 N–H and O–H groups in total. The molecule has 0 spiro atoms. The summed E-state index contributed by atoms with van der Waals surface area (Å²) in [4.78, 5) is 23.8. The third kappa shape index (κ3) is 5.55. The van der Waals surface area contributed by atoms with Crippen LogP contribution in [0.5, 0.6) is 0 Å². The summed E-state index contributed by atoms with van der Waals surface area (Å²) >= 11 is 0. The number of ketones is 2. The van der Waals surface area contributed by atoms with Crippen molar-refractivity contribution in [1.29, 1.82) is 0 Å². The fraction of sp³-hybridized carbons (Fsp3) is 0.267. The van der Waals surface area contributed by atoms with Crippen LogP contribution in [0, 0.1) is 0 Å². The Morgan fingerprint density at radius 3 is 1.42 bits per heavy atom. The predicted molar refractivity (Wildman–Crippen MR) is 134 cm³/mol. The van der Waals surface area contributed by atoms with E-state index in [-0.39, 0.29) is 23.8 Å². The van der Waals surface area contributed by atoms with Crippen molar-refractivity contribution >= 4 is 33.1 Å². The lowest BCUT2D eigenvalue weighted by atomic mass is 9.94. The maximum atomic E-state index is 11.9. The van der Waals surface area contributed by atoms with Crippen LogP contribution >= 0.6 is 0 Å². The van der Waals surface area contributed by atoms with Crippen molar-refractivity contribution in [2.75, 3.05) is 0 Å². The van der Waals surface area contributed by atoms with E-state index in [1.807, 2.05) is 36.4 Å². The summed E-state index contributed by atoms with van der Waals surface area (Å²) in [6.07, 6.45) is 1.59. The van der Waals surface area contributed by atoms with Crippen LogP contribution < -0.4 is 0 Å². The number of fused-ring (bicyclic) bond motifs is 2. The third-order valence-corrected chi connectivity index (χ3v) is 6.19. The molecule has 0 fully saturated rings. The highest BCUT2D eigenvalue weighted by atomic mass is 16.5. The zero-order chi connectivity index (χ0) is 23.2. The van der Waals surface area contributed by atoms with Gasteiger partial charge >= 0.3 is 0 Å². The van der Waals surface area contributed by atoms with Gasteiger partial charge in [0.2, 0.25) is 0 Å². The number of hydrogen-bond acceptors (Lipinski definition) is 3. The molecule has 0 aliphatic heterocycles. The normalized spacial score (nSPS) is 13.2. The van der Waals surface area contributed by atoms with Gasteiger partial charge in [-0.15, -0.1) is 0 Å². The number of hydrogen-bond donors (Lipinski definition) is 0. The highest BCUT2D eigenvalue weighted by molar-refractivity contribution is 5.87. The minimum Gasteiger partial charge on any atom is -0.366 e. The second kappa shape index (κ2) is 10.5. The number of carbonyl (C=O) groups is 2. The molecule has 2 atom stereocenters. The summed E-state index contributed by atoms with van der Waals surface area (Å²) in [7, 11) is 0. The SMILES string of the molecule is CC(=O)CCC(OC(CCC(C)=O)c1cccc2ccccc12)c1cccc2ccccc12. The molecule has 0 saturated carbocycles. The van der Waals surface area contributed by atoms with Gasteiger partial charge in [-0.25, -0.2) is 0 Å². The molecule has 3 heteroatoms. The summed E-state index contributed by atoms with van der Waals surface area (Å²) in [5.74, 6) is 0.295. The zero-order valence-corrected chi connectivity index (χ0v) is 19.3. The molecule has 0 aromatic heterocycles. The second-order valence-electron chi connectivity index (χ2n) is 8.73. The topological polar surface area (TPSA) is 43.4 Å². The van der Waals surface area contributed by atoms with Crippen molar-refractivity contribution in [3.05, 3.63) is 96.1 Å². The molecule has 0 radical (unpaired) electrons. The van der Waals surface area contributed by atoms with Crippen LogP contribution in [0.25, 0.3) is 21.5 Å². The summed E-state index contributed by atoms with van der Waals surface area (Å²) in [5, 5.41) is 4.57. The monoisotopic (exact) mass is 438 g/mol. The Morgan fingerprint density at radius 2 is 1.00 bits per heavy atom. The average Bonchev–Trinajstić information content (AvgIpc) is 2.83. The average molecular weight is 439 g/mol. The van der Waals surface area contributed by atoms with Crippen LogP contribution in [0.1, 0.15) is 62.9 Å². The van der Waals surface area contributed by atoms with Crippen LogP contribution in [-0.4, -0.2) is 11.6 Å². The van der Waals surface area contributed by atoms with Crippen molar-refractivity contribution in [1.82, 2.24) is 0 Å². The van der Waals surface area contributed by atoms with Crippen LogP contribution in [-0.2, 0) is 14.3 Å². The Labute approximate surface area is 195 Å². The summed E-state index contributed by atoms with van der Waals surface area (Å²) in [6.45, 7) is 3.25. The highest BCUT2D eigenvalue weighted by Crippen LogP contribution is 2.38. The van der Waals surface area contributed by atoms with Gasteiger partial charge in [-0.05, 0) is 59.4 Å². The molecule has 2 unspecified atom stereocenters. The van der Waals surface area contributed by atoms with Crippen molar-refractivity contribution in [2.24, 2.45) is 0 Å². The predicted octanol–water partition coefficient (Wildman–Crippen LogP) is 7.53. The maximum Gasteiger partial charge on any atom is 0.129 e. The first-order valence-corrected chi connectivity index (χ1v) is 11.6.